The maximum Gasteiger partial charge on any atom is 0.140 e. The van der Waals surface area contributed by atoms with E-state index < -0.39 is 0 Å². The summed E-state index contributed by atoms with van der Waals surface area (Å²) in [5, 5.41) is 3.18. The molecule has 4 nitrogen and oxygen atoms in total. The fourth-order valence-corrected chi connectivity index (χ4v) is 3.50. The molecule has 0 saturated heterocycles. The van der Waals surface area contributed by atoms with Crippen LogP contribution in [0, 0.1) is 0 Å². The van der Waals surface area contributed by atoms with E-state index in [9.17, 15) is 0 Å². The smallest absolute Gasteiger partial charge is 0.140 e. The van der Waals surface area contributed by atoms with Crippen molar-refractivity contribution in [3.05, 3.63) is 47.1 Å². The highest BCUT2D eigenvalue weighted by molar-refractivity contribution is 7.16. The van der Waals surface area contributed by atoms with E-state index >= 15 is 0 Å². The van der Waals surface area contributed by atoms with Crippen molar-refractivity contribution in [1.29, 1.82) is 0 Å². The Bertz CT molecular complexity index is 799. The molecule has 21 heavy (non-hydrogen) atoms. The van der Waals surface area contributed by atoms with Gasteiger partial charge in [-0.15, -0.1) is 11.3 Å². The van der Waals surface area contributed by atoms with E-state index in [-0.39, 0.29) is 0 Å². The van der Waals surface area contributed by atoms with Gasteiger partial charge in [0.15, 0.2) is 0 Å². The summed E-state index contributed by atoms with van der Waals surface area (Å²) in [4.78, 5) is 12.0. The monoisotopic (exact) mass is 297 g/mol. The predicted octanol–water partition coefficient (Wildman–Crippen LogP) is 3.26. The third kappa shape index (κ3) is 2.23. The van der Waals surface area contributed by atoms with Crippen molar-refractivity contribution in [2.75, 3.05) is 18.6 Å². The number of rotatable bonds is 3. The molecule has 0 amide bonds. The zero-order valence-electron chi connectivity index (χ0n) is 11.7. The molecule has 0 fully saturated rings. The highest BCUT2D eigenvalue weighted by atomic mass is 32.1. The molecule has 0 radical (unpaired) electrons. The minimum atomic E-state index is 0.802. The molecule has 0 bridgehead atoms. The normalized spacial score (nSPS) is 13.2. The first kappa shape index (κ1) is 12.6. The highest BCUT2D eigenvalue weighted by Crippen LogP contribution is 2.29. The zero-order valence-corrected chi connectivity index (χ0v) is 12.6. The van der Waals surface area contributed by atoms with Gasteiger partial charge in [-0.3, -0.25) is 0 Å². The van der Waals surface area contributed by atoms with Gasteiger partial charge in [0.2, 0.25) is 0 Å². The Morgan fingerprint density at radius 2 is 2.24 bits per heavy atom. The lowest BCUT2D eigenvalue weighted by molar-refractivity contribution is 0.357. The number of hydrogen-bond donors (Lipinski definition) is 0. The van der Waals surface area contributed by atoms with Gasteiger partial charge in [0.1, 0.15) is 22.7 Å². The van der Waals surface area contributed by atoms with Gasteiger partial charge in [-0.2, -0.15) is 0 Å². The molecule has 3 aromatic rings. The van der Waals surface area contributed by atoms with Crippen molar-refractivity contribution >= 4 is 27.4 Å². The highest BCUT2D eigenvalue weighted by Gasteiger charge is 2.14. The van der Waals surface area contributed by atoms with E-state index in [1.807, 2.05) is 0 Å². The first-order valence-corrected chi connectivity index (χ1v) is 7.83. The quantitative estimate of drug-likeness (QED) is 0.744. The Kier molecular flexibility index (Phi) is 3.00. The Labute approximate surface area is 127 Å². The number of nitrogens with zero attached hydrogens (tertiary/aromatic N) is 3. The minimum Gasteiger partial charge on any atom is -0.493 e. The van der Waals surface area contributed by atoms with Crippen molar-refractivity contribution < 1.29 is 4.74 Å². The molecule has 0 N–H and O–H groups in total. The summed E-state index contributed by atoms with van der Waals surface area (Å²) in [6, 6.07) is 8.53. The van der Waals surface area contributed by atoms with Crippen LogP contribution in [0.3, 0.4) is 0 Å². The average Bonchev–Trinajstić information content (AvgIpc) is 3.14. The lowest BCUT2D eigenvalue weighted by Crippen LogP contribution is -2.18. The Morgan fingerprint density at radius 3 is 3.19 bits per heavy atom. The van der Waals surface area contributed by atoms with Crippen molar-refractivity contribution in [1.82, 2.24) is 9.97 Å². The SMILES string of the molecule is CN(Cc1ccc2c(c1)CCO2)c1ncnc2sccc12. The second-order valence-electron chi connectivity index (χ2n) is 5.23. The maximum absolute atomic E-state index is 5.56. The van der Waals surface area contributed by atoms with Gasteiger partial charge in [-0.25, -0.2) is 9.97 Å². The summed E-state index contributed by atoms with van der Waals surface area (Å²) in [6.07, 6.45) is 2.65. The van der Waals surface area contributed by atoms with Crippen LogP contribution in [0.1, 0.15) is 11.1 Å². The second kappa shape index (κ2) is 5.00. The molecule has 1 aliphatic heterocycles. The second-order valence-corrected chi connectivity index (χ2v) is 6.13. The fraction of sp³-hybridized carbons (Fsp3) is 0.250. The van der Waals surface area contributed by atoms with Crippen LogP contribution in [0.15, 0.2) is 36.0 Å². The van der Waals surface area contributed by atoms with Gasteiger partial charge in [-0.1, -0.05) is 12.1 Å². The maximum atomic E-state index is 5.56. The largest absolute Gasteiger partial charge is 0.493 e. The van der Waals surface area contributed by atoms with Gasteiger partial charge in [0.25, 0.3) is 0 Å². The van der Waals surface area contributed by atoms with E-state index in [2.05, 4.69) is 51.6 Å². The topological polar surface area (TPSA) is 38.2 Å². The van der Waals surface area contributed by atoms with Crippen molar-refractivity contribution in [3.8, 4) is 5.75 Å². The van der Waals surface area contributed by atoms with Crippen LogP contribution in [0.4, 0.5) is 5.82 Å². The molecule has 1 aliphatic rings. The van der Waals surface area contributed by atoms with Crippen LogP contribution < -0.4 is 9.64 Å². The standard InChI is InChI=1S/C16H15N3OS/c1-19(15-13-5-7-21-16(13)18-10-17-15)9-11-2-3-14-12(8-11)4-6-20-14/h2-3,5,7-8,10H,4,6,9H2,1H3. The summed E-state index contributed by atoms with van der Waals surface area (Å²) < 4.78 is 5.56. The molecule has 0 unspecified atom stereocenters. The summed E-state index contributed by atoms with van der Waals surface area (Å²) >= 11 is 1.65. The molecule has 2 aromatic heterocycles. The number of thiophene rings is 1. The number of anilines is 1. The van der Waals surface area contributed by atoms with E-state index in [1.54, 1.807) is 17.7 Å². The van der Waals surface area contributed by atoms with Crippen molar-refractivity contribution in [3.63, 3.8) is 0 Å². The minimum absolute atomic E-state index is 0.802. The average molecular weight is 297 g/mol. The van der Waals surface area contributed by atoms with Gasteiger partial charge in [0.05, 0.1) is 12.0 Å². The molecule has 106 valence electrons. The summed E-state index contributed by atoms with van der Waals surface area (Å²) in [6.45, 7) is 1.63. The molecular weight excluding hydrogens is 282 g/mol. The molecule has 0 atom stereocenters. The summed E-state index contributed by atoms with van der Waals surface area (Å²) in [7, 11) is 2.07. The molecule has 0 spiro atoms. The molecule has 1 aromatic carbocycles. The zero-order chi connectivity index (χ0) is 14.2. The first-order valence-electron chi connectivity index (χ1n) is 6.95. The lowest BCUT2D eigenvalue weighted by Gasteiger charge is -2.19. The van der Waals surface area contributed by atoms with Gasteiger partial charge < -0.3 is 9.64 Å². The Hall–Kier alpha value is -2.14. The third-order valence-corrected chi connectivity index (χ3v) is 4.60. The number of hydrogen-bond acceptors (Lipinski definition) is 5. The van der Waals surface area contributed by atoms with Gasteiger partial charge >= 0.3 is 0 Å². The molecule has 3 heterocycles. The first-order chi connectivity index (χ1) is 10.3. The van der Waals surface area contributed by atoms with Gasteiger partial charge in [0, 0.05) is 20.0 Å². The van der Waals surface area contributed by atoms with Gasteiger partial charge in [-0.05, 0) is 28.6 Å². The molecular formula is C16H15N3OS. The number of fused-ring (bicyclic) bond motifs is 2. The van der Waals surface area contributed by atoms with E-state index in [4.69, 9.17) is 4.74 Å². The van der Waals surface area contributed by atoms with Crippen LogP contribution in [0.2, 0.25) is 0 Å². The molecule has 0 saturated carbocycles. The van der Waals surface area contributed by atoms with E-state index in [0.29, 0.717) is 0 Å². The van der Waals surface area contributed by atoms with Crippen molar-refractivity contribution in [2.24, 2.45) is 0 Å². The van der Waals surface area contributed by atoms with Crippen LogP contribution in [0.25, 0.3) is 10.2 Å². The molecule has 5 heteroatoms. The number of benzene rings is 1. The fourth-order valence-electron chi connectivity index (χ4n) is 2.77. The number of aromatic nitrogens is 2. The van der Waals surface area contributed by atoms with Crippen LogP contribution in [-0.4, -0.2) is 23.6 Å². The van der Waals surface area contributed by atoms with E-state index in [0.717, 1.165) is 41.4 Å². The number of ether oxygens (including phenoxy) is 1. The Balaban J connectivity index is 1.63. The van der Waals surface area contributed by atoms with Crippen LogP contribution >= 0.6 is 11.3 Å². The molecule has 0 aliphatic carbocycles. The van der Waals surface area contributed by atoms with Crippen LogP contribution in [-0.2, 0) is 13.0 Å². The van der Waals surface area contributed by atoms with Crippen LogP contribution in [0.5, 0.6) is 5.75 Å². The summed E-state index contributed by atoms with van der Waals surface area (Å²) in [5.74, 6) is 2.02. The molecule has 4 rings (SSSR count). The summed E-state index contributed by atoms with van der Waals surface area (Å²) in [5.41, 5.74) is 2.59. The predicted molar refractivity (Wildman–Crippen MR) is 85.2 cm³/mol. The third-order valence-electron chi connectivity index (χ3n) is 3.78. The lowest BCUT2D eigenvalue weighted by atomic mass is 10.1. The Morgan fingerprint density at radius 1 is 1.29 bits per heavy atom. The van der Waals surface area contributed by atoms with Crippen molar-refractivity contribution in [2.45, 2.75) is 13.0 Å². The van der Waals surface area contributed by atoms with E-state index in [1.165, 1.54) is 11.1 Å².